The summed E-state index contributed by atoms with van der Waals surface area (Å²) in [6.07, 6.45) is 3.63. The molecule has 0 unspecified atom stereocenters. The maximum absolute atomic E-state index is 13.4. The molecule has 35 heavy (non-hydrogen) atoms. The lowest BCUT2D eigenvalue weighted by Gasteiger charge is -2.12. The third-order valence-corrected chi connectivity index (χ3v) is 5.55. The molecule has 7 nitrogen and oxygen atoms in total. The molecule has 0 spiro atoms. The van der Waals surface area contributed by atoms with Crippen molar-refractivity contribution in [3.05, 3.63) is 102 Å². The molecule has 0 fully saturated rings. The van der Waals surface area contributed by atoms with Crippen LogP contribution >= 0.6 is 0 Å². The zero-order chi connectivity index (χ0) is 24.4. The van der Waals surface area contributed by atoms with Crippen LogP contribution in [0.4, 0.5) is 37.6 Å². The van der Waals surface area contributed by atoms with Gasteiger partial charge in [0.1, 0.15) is 5.82 Å². The second-order valence-electron chi connectivity index (χ2n) is 8.15. The van der Waals surface area contributed by atoms with Gasteiger partial charge in [-0.05, 0) is 79.2 Å². The van der Waals surface area contributed by atoms with E-state index in [1.165, 1.54) is 12.1 Å². The second kappa shape index (κ2) is 9.18. The summed E-state index contributed by atoms with van der Waals surface area (Å²) in [5.41, 5.74) is 6.08. The van der Waals surface area contributed by atoms with E-state index in [2.05, 4.69) is 26.3 Å². The molecule has 3 amide bonds. The topological polar surface area (TPSA) is 98.0 Å². The number of aromatic nitrogens is 1. The predicted octanol–water partition coefficient (Wildman–Crippen LogP) is 6.34. The molecule has 5 rings (SSSR count). The monoisotopic (exact) mass is 467 g/mol. The first-order valence-electron chi connectivity index (χ1n) is 11.0. The van der Waals surface area contributed by atoms with Crippen LogP contribution < -0.4 is 21.3 Å². The number of nitrogens with one attached hydrogen (secondary N) is 5. The predicted molar refractivity (Wildman–Crippen MR) is 137 cm³/mol. The van der Waals surface area contributed by atoms with E-state index in [9.17, 15) is 14.0 Å². The van der Waals surface area contributed by atoms with E-state index in [0.717, 1.165) is 28.3 Å². The molecular formula is C27H22FN5O2. The first-order chi connectivity index (χ1) is 16.9. The molecular weight excluding hydrogens is 445 g/mol. The number of carbonyl (C=O) groups excluding carboxylic acids is 2. The van der Waals surface area contributed by atoms with Gasteiger partial charge in [0.25, 0.3) is 5.91 Å². The van der Waals surface area contributed by atoms with Crippen molar-refractivity contribution in [2.45, 2.75) is 6.92 Å². The summed E-state index contributed by atoms with van der Waals surface area (Å²) in [6, 6.07) is 20.6. The third kappa shape index (κ3) is 4.91. The van der Waals surface area contributed by atoms with Crippen molar-refractivity contribution >= 4 is 52.0 Å². The van der Waals surface area contributed by atoms with Gasteiger partial charge in [-0.2, -0.15) is 0 Å². The molecule has 1 aromatic heterocycles. The van der Waals surface area contributed by atoms with E-state index in [4.69, 9.17) is 0 Å². The average Bonchev–Trinajstić information content (AvgIpc) is 3.44. The van der Waals surface area contributed by atoms with E-state index in [0.29, 0.717) is 22.5 Å². The van der Waals surface area contributed by atoms with E-state index < -0.39 is 6.03 Å². The van der Waals surface area contributed by atoms with E-state index in [-0.39, 0.29) is 11.7 Å². The Labute approximate surface area is 201 Å². The average molecular weight is 468 g/mol. The van der Waals surface area contributed by atoms with Crippen LogP contribution in [-0.2, 0) is 4.79 Å². The Kier molecular flexibility index (Phi) is 5.76. The number of amides is 3. The number of fused-ring (bicyclic) bond motifs is 1. The fourth-order valence-electron chi connectivity index (χ4n) is 3.86. The Bertz CT molecular complexity index is 1460. The van der Waals surface area contributed by atoms with Gasteiger partial charge in [-0.25, -0.2) is 9.18 Å². The maximum atomic E-state index is 13.4. The highest BCUT2D eigenvalue weighted by molar-refractivity contribution is 6.35. The number of benzene rings is 3. The van der Waals surface area contributed by atoms with Crippen molar-refractivity contribution < 1.29 is 14.0 Å². The third-order valence-electron chi connectivity index (χ3n) is 5.55. The van der Waals surface area contributed by atoms with Crippen LogP contribution in [0, 0.1) is 12.7 Å². The van der Waals surface area contributed by atoms with Crippen molar-refractivity contribution in [2.75, 3.05) is 21.3 Å². The highest BCUT2D eigenvalue weighted by Crippen LogP contribution is 2.35. The van der Waals surface area contributed by atoms with Crippen LogP contribution in [0.3, 0.4) is 0 Å². The SMILES string of the molecule is Cc1cc(NC(=O)Nc2cccc(Nc3ccc4c(c3)NC(=O)C4=Cc3ccc[nH]3)c2)ccc1F. The smallest absolute Gasteiger partial charge is 0.323 e. The van der Waals surface area contributed by atoms with E-state index in [1.54, 1.807) is 25.1 Å². The minimum atomic E-state index is -0.435. The lowest BCUT2D eigenvalue weighted by molar-refractivity contribution is -0.110. The number of urea groups is 1. The van der Waals surface area contributed by atoms with E-state index in [1.807, 2.05) is 54.7 Å². The molecule has 8 heteroatoms. The van der Waals surface area contributed by atoms with Gasteiger partial charge in [-0.15, -0.1) is 0 Å². The Morgan fingerprint density at radius 1 is 0.886 bits per heavy atom. The molecule has 174 valence electrons. The summed E-state index contributed by atoms with van der Waals surface area (Å²) in [6.45, 7) is 1.64. The highest BCUT2D eigenvalue weighted by Gasteiger charge is 2.24. The lowest BCUT2D eigenvalue weighted by atomic mass is 10.1. The molecule has 4 aromatic rings. The van der Waals surface area contributed by atoms with Crippen LogP contribution in [0.25, 0.3) is 11.6 Å². The molecule has 0 saturated carbocycles. The van der Waals surface area contributed by atoms with Gasteiger partial charge in [0.05, 0.1) is 11.3 Å². The standard InChI is InChI=1S/C27H22FN5O2/c1-16-12-20(8-10-24(16)28)32-27(35)31-19-5-2-4-18(13-19)30-21-7-9-22-23(14-17-6-3-11-29-17)26(34)33-25(22)15-21/h2-15,29-30H,1H3,(H,33,34)(H2,31,32,35). The van der Waals surface area contributed by atoms with Crippen molar-refractivity contribution in [1.82, 2.24) is 4.98 Å². The molecule has 3 aromatic carbocycles. The van der Waals surface area contributed by atoms with Crippen LogP contribution in [-0.4, -0.2) is 16.9 Å². The molecule has 0 radical (unpaired) electrons. The van der Waals surface area contributed by atoms with Gasteiger partial charge in [0, 0.05) is 40.2 Å². The Morgan fingerprint density at radius 2 is 1.63 bits per heavy atom. The van der Waals surface area contributed by atoms with Crippen molar-refractivity contribution in [2.24, 2.45) is 0 Å². The molecule has 0 saturated heterocycles. The van der Waals surface area contributed by atoms with Gasteiger partial charge in [0.15, 0.2) is 0 Å². The zero-order valence-corrected chi connectivity index (χ0v) is 18.8. The van der Waals surface area contributed by atoms with Crippen LogP contribution in [0.1, 0.15) is 16.8 Å². The number of anilines is 5. The number of hydrogen-bond acceptors (Lipinski definition) is 3. The molecule has 1 aliphatic rings. The van der Waals surface area contributed by atoms with Gasteiger partial charge < -0.3 is 26.3 Å². The van der Waals surface area contributed by atoms with Crippen molar-refractivity contribution in [3.8, 4) is 0 Å². The van der Waals surface area contributed by atoms with Crippen LogP contribution in [0.2, 0.25) is 0 Å². The molecule has 5 N–H and O–H groups in total. The minimum absolute atomic E-state index is 0.152. The summed E-state index contributed by atoms with van der Waals surface area (Å²) >= 11 is 0. The summed E-state index contributed by atoms with van der Waals surface area (Å²) in [5.74, 6) is -0.478. The van der Waals surface area contributed by atoms with Crippen molar-refractivity contribution in [3.63, 3.8) is 0 Å². The van der Waals surface area contributed by atoms with Crippen LogP contribution in [0.5, 0.6) is 0 Å². The quantitative estimate of drug-likeness (QED) is 0.221. The number of carbonyl (C=O) groups is 2. The number of rotatable bonds is 5. The maximum Gasteiger partial charge on any atom is 0.323 e. The van der Waals surface area contributed by atoms with Crippen molar-refractivity contribution in [1.29, 1.82) is 0 Å². The molecule has 0 atom stereocenters. The van der Waals surface area contributed by atoms with Gasteiger partial charge in [0.2, 0.25) is 0 Å². The summed E-state index contributed by atoms with van der Waals surface area (Å²) in [7, 11) is 0. The zero-order valence-electron chi connectivity index (χ0n) is 18.8. The minimum Gasteiger partial charge on any atom is -0.362 e. The molecule has 1 aliphatic heterocycles. The Balaban J connectivity index is 1.27. The second-order valence-corrected chi connectivity index (χ2v) is 8.15. The first kappa shape index (κ1) is 22.0. The molecule has 0 bridgehead atoms. The Hall–Kier alpha value is -4.85. The van der Waals surface area contributed by atoms with Crippen LogP contribution in [0.15, 0.2) is 79.0 Å². The van der Waals surface area contributed by atoms with Gasteiger partial charge in [-0.1, -0.05) is 12.1 Å². The molecule has 2 heterocycles. The number of aryl methyl sites for hydroxylation is 1. The fourth-order valence-corrected chi connectivity index (χ4v) is 3.86. The summed E-state index contributed by atoms with van der Waals surface area (Å²) < 4.78 is 13.4. The number of H-pyrrole nitrogens is 1. The normalized spacial score (nSPS) is 13.3. The molecule has 0 aliphatic carbocycles. The fraction of sp³-hybridized carbons (Fsp3) is 0.0370. The first-order valence-corrected chi connectivity index (χ1v) is 11.0. The summed E-state index contributed by atoms with van der Waals surface area (Å²) in [5, 5.41) is 11.7. The van der Waals surface area contributed by atoms with Gasteiger partial charge >= 0.3 is 6.03 Å². The largest absolute Gasteiger partial charge is 0.362 e. The number of hydrogen-bond donors (Lipinski definition) is 5. The number of aromatic amines is 1. The highest BCUT2D eigenvalue weighted by atomic mass is 19.1. The number of halogens is 1. The summed E-state index contributed by atoms with van der Waals surface area (Å²) in [4.78, 5) is 27.9. The van der Waals surface area contributed by atoms with Gasteiger partial charge in [-0.3, -0.25) is 4.79 Å². The Morgan fingerprint density at radius 3 is 2.40 bits per heavy atom. The lowest BCUT2D eigenvalue weighted by Crippen LogP contribution is -2.19. The van der Waals surface area contributed by atoms with E-state index >= 15 is 0 Å².